The van der Waals surface area contributed by atoms with Crippen molar-refractivity contribution in [3.63, 3.8) is 0 Å². The molecule has 2 heterocycles. The molecule has 10 atom stereocenters. The van der Waals surface area contributed by atoms with Gasteiger partial charge in [0.25, 0.3) is 0 Å². The monoisotopic (exact) mass is 806 g/mol. The third kappa shape index (κ3) is 12.1. The van der Waals surface area contributed by atoms with Crippen molar-refractivity contribution in [2.24, 2.45) is 0 Å². The molecule has 2 N–H and O–H groups in total. The molecule has 7 rings (SSSR count). The number of hydrogen-bond acceptors (Lipinski definition) is 11. The Morgan fingerprint density at radius 1 is 0.407 bits per heavy atom. The normalized spacial score (nSPS) is 27.0. The van der Waals surface area contributed by atoms with Gasteiger partial charge in [0, 0.05) is 7.11 Å². The van der Waals surface area contributed by atoms with Gasteiger partial charge in [-0.25, -0.2) is 0 Å². The van der Waals surface area contributed by atoms with E-state index in [4.69, 9.17) is 42.6 Å². The highest BCUT2D eigenvalue weighted by atomic mass is 16.7. The van der Waals surface area contributed by atoms with Crippen LogP contribution in [0.3, 0.4) is 0 Å². The van der Waals surface area contributed by atoms with Crippen molar-refractivity contribution < 1.29 is 52.8 Å². The zero-order valence-electron chi connectivity index (χ0n) is 33.2. The molecule has 0 spiro atoms. The Bertz CT molecular complexity index is 1890. The number of hydrogen-bond donors (Lipinski definition) is 2. The largest absolute Gasteiger partial charge is 0.385 e. The number of methoxy groups -OCH3 is 1. The predicted octanol–water partition coefficient (Wildman–Crippen LogP) is 6.38. The molecule has 0 aromatic heterocycles. The molecule has 0 aliphatic carbocycles. The zero-order valence-corrected chi connectivity index (χ0v) is 33.2. The first-order valence-corrected chi connectivity index (χ1v) is 20.1. The van der Waals surface area contributed by atoms with E-state index in [2.05, 4.69) is 0 Å². The molecular weight excluding hydrogens is 753 g/mol. The minimum atomic E-state index is -1.40. The van der Waals surface area contributed by atoms with Crippen molar-refractivity contribution in [1.82, 2.24) is 0 Å². The number of aliphatic hydroxyl groups is 2. The first-order valence-electron chi connectivity index (χ1n) is 20.1. The van der Waals surface area contributed by atoms with Crippen molar-refractivity contribution in [1.29, 1.82) is 0 Å². The lowest BCUT2D eigenvalue weighted by atomic mass is 9.97. The molecule has 11 heteroatoms. The molecule has 0 radical (unpaired) electrons. The van der Waals surface area contributed by atoms with E-state index in [-0.39, 0.29) is 39.6 Å². The van der Waals surface area contributed by atoms with Crippen LogP contribution in [-0.4, -0.2) is 91.9 Å². The molecule has 2 aliphatic rings. The Labute approximate surface area is 346 Å². The average molecular weight is 807 g/mol. The summed E-state index contributed by atoms with van der Waals surface area (Å²) in [7, 11) is 1.52. The van der Waals surface area contributed by atoms with Gasteiger partial charge in [-0.3, -0.25) is 0 Å². The Morgan fingerprint density at radius 3 is 1.22 bits per heavy atom. The molecular formula is C48H54O11. The van der Waals surface area contributed by atoms with Crippen LogP contribution < -0.4 is 0 Å². The Morgan fingerprint density at radius 2 is 0.780 bits per heavy atom. The Balaban J connectivity index is 1.10. The fourth-order valence-corrected chi connectivity index (χ4v) is 7.36. The van der Waals surface area contributed by atoms with Crippen LogP contribution in [-0.2, 0) is 75.7 Å². The molecule has 0 unspecified atom stereocenters. The highest BCUT2D eigenvalue weighted by Gasteiger charge is 2.50. The number of rotatable bonds is 20. The molecule has 2 fully saturated rings. The van der Waals surface area contributed by atoms with E-state index >= 15 is 0 Å². The molecule has 312 valence electrons. The molecule has 0 saturated carbocycles. The summed E-state index contributed by atoms with van der Waals surface area (Å²) in [6, 6.07) is 48.9. The summed E-state index contributed by atoms with van der Waals surface area (Å²) >= 11 is 0. The molecule has 5 aromatic rings. The third-order valence-corrected chi connectivity index (χ3v) is 10.5. The van der Waals surface area contributed by atoms with E-state index in [9.17, 15) is 10.2 Å². The molecule has 5 aromatic carbocycles. The molecule has 59 heavy (non-hydrogen) atoms. The van der Waals surface area contributed by atoms with E-state index in [1.54, 1.807) is 0 Å². The Hall–Kier alpha value is -4.34. The second-order valence-electron chi connectivity index (χ2n) is 14.7. The van der Waals surface area contributed by atoms with Crippen LogP contribution in [0.4, 0.5) is 0 Å². The van der Waals surface area contributed by atoms with Gasteiger partial charge in [-0.05, 0) is 27.8 Å². The molecule has 0 amide bonds. The van der Waals surface area contributed by atoms with Crippen LogP contribution >= 0.6 is 0 Å². The molecule has 0 bridgehead atoms. The summed E-state index contributed by atoms with van der Waals surface area (Å²) in [5, 5.41) is 23.3. The second-order valence-corrected chi connectivity index (χ2v) is 14.7. The predicted molar refractivity (Wildman–Crippen MR) is 218 cm³/mol. The highest BCUT2D eigenvalue weighted by molar-refractivity contribution is 5.17. The maximum atomic E-state index is 11.7. The second kappa shape index (κ2) is 22.3. The summed E-state index contributed by atoms with van der Waals surface area (Å²) < 4.78 is 57.2. The van der Waals surface area contributed by atoms with E-state index in [0.717, 1.165) is 27.8 Å². The van der Waals surface area contributed by atoms with Gasteiger partial charge < -0.3 is 52.8 Å². The van der Waals surface area contributed by atoms with Crippen molar-refractivity contribution in [2.45, 2.75) is 94.4 Å². The smallest absolute Gasteiger partial charge is 0.186 e. The lowest BCUT2D eigenvalue weighted by molar-refractivity contribution is -0.342. The summed E-state index contributed by atoms with van der Waals surface area (Å²) in [5.74, 6) is 0. The van der Waals surface area contributed by atoms with Crippen LogP contribution in [0.15, 0.2) is 152 Å². The quantitative estimate of drug-likeness (QED) is 0.0912. The SMILES string of the molecule is CO[C@H]1[C@H](O)[C@@H](OC[C@H]2O[C@H](O)[C@H](OCc3ccccc3)[C@@H](OCc3ccccc3)[C@@H]2OCc2ccccc2)O[C@H](COCc2ccccc2)[C@H]1OCc1ccccc1. The van der Waals surface area contributed by atoms with Crippen molar-refractivity contribution >= 4 is 0 Å². The summed E-state index contributed by atoms with van der Waals surface area (Å²) in [6.45, 7) is 1.30. The zero-order chi connectivity index (χ0) is 40.7. The average Bonchev–Trinajstić information content (AvgIpc) is 3.28. The van der Waals surface area contributed by atoms with Gasteiger partial charge in [0.05, 0.1) is 46.2 Å². The van der Waals surface area contributed by atoms with Gasteiger partial charge in [0.2, 0.25) is 0 Å². The first-order chi connectivity index (χ1) is 29.1. The molecule has 2 saturated heterocycles. The van der Waals surface area contributed by atoms with Gasteiger partial charge in [0.15, 0.2) is 12.6 Å². The number of aliphatic hydroxyl groups excluding tert-OH is 2. The summed E-state index contributed by atoms with van der Waals surface area (Å²) in [6.07, 6.45) is -9.40. The Kier molecular flexibility index (Phi) is 16.2. The summed E-state index contributed by atoms with van der Waals surface area (Å²) in [4.78, 5) is 0. The third-order valence-electron chi connectivity index (χ3n) is 10.5. The summed E-state index contributed by atoms with van der Waals surface area (Å²) in [5.41, 5.74) is 4.78. The lowest BCUT2D eigenvalue weighted by Crippen LogP contribution is -2.63. The van der Waals surface area contributed by atoms with E-state index in [1.165, 1.54) is 7.11 Å². The van der Waals surface area contributed by atoms with Crippen LogP contribution in [0, 0.1) is 0 Å². The standard InChI is InChI=1S/C48H54O11/c1-51-44-41(49)48(59-39(32-52-27-34-17-7-2-8-18-34)42(44)53-28-35-19-9-3-10-20-35)57-33-40-43(54-29-36-21-11-4-12-22-36)45(55-30-37-23-13-5-14-24-37)46(47(50)58-40)56-31-38-25-15-6-16-26-38/h2-26,39-50H,27-33H2,1H3/t39-,40-,41+,42-,43-,44+,45+,46-,47+,48+/m1/s1. The lowest BCUT2D eigenvalue weighted by Gasteiger charge is -2.46. The minimum Gasteiger partial charge on any atom is -0.385 e. The van der Waals surface area contributed by atoms with Crippen LogP contribution in [0.2, 0.25) is 0 Å². The fraction of sp³-hybridized carbons (Fsp3) is 0.375. The minimum absolute atomic E-state index is 0.137. The van der Waals surface area contributed by atoms with Gasteiger partial charge >= 0.3 is 0 Å². The topological polar surface area (TPSA) is 124 Å². The van der Waals surface area contributed by atoms with Crippen molar-refractivity contribution in [3.8, 4) is 0 Å². The van der Waals surface area contributed by atoms with E-state index in [1.807, 2.05) is 152 Å². The highest BCUT2D eigenvalue weighted by Crippen LogP contribution is 2.32. The number of ether oxygens (including phenoxy) is 9. The van der Waals surface area contributed by atoms with Crippen molar-refractivity contribution in [2.75, 3.05) is 20.3 Å². The van der Waals surface area contributed by atoms with Crippen LogP contribution in [0.1, 0.15) is 27.8 Å². The van der Waals surface area contributed by atoms with Gasteiger partial charge in [0.1, 0.15) is 48.8 Å². The van der Waals surface area contributed by atoms with Crippen LogP contribution in [0.25, 0.3) is 0 Å². The number of benzene rings is 5. The first kappa shape index (κ1) is 42.8. The fourth-order valence-electron chi connectivity index (χ4n) is 7.36. The van der Waals surface area contributed by atoms with E-state index < -0.39 is 61.4 Å². The maximum absolute atomic E-state index is 11.7. The van der Waals surface area contributed by atoms with Gasteiger partial charge in [-0.2, -0.15) is 0 Å². The van der Waals surface area contributed by atoms with Crippen molar-refractivity contribution in [3.05, 3.63) is 179 Å². The molecule has 11 nitrogen and oxygen atoms in total. The van der Waals surface area contributed by atoms with Gasteiger partial charge in [-0.1, -0.05) is 152 Å². The van der Waals surface area contributed by atoms with Crippen LogP contribution in [0.5, 0.6) is 0 Å². The van der Waals surface area contributed by atoms with E-state index in [0.29, 0.717) is 6.61 Å². The van der Waals surface area contributed by atoms with Gasteiger partial charge in [-0.15, -0.1) is 0 Å². The maximum Gasteiger partial charge on any atom is 0.186 e. The molecule has 2 aliphatic heterocycles.